The van der Waals surface area contributed by atoms with Gasteiger partial charge in [0.15, 0.2) is 0 Å². The van der Waals surface area contributed by atoms with Gasteiger partial charge in [-0.15, -0.1) is 0 Å². The molecule has 1 saturated heterocycles. The molecule has 2 heterocycles. The maximum absolute atomic E-state index is 12.5. The Morgan fingerprint density at radius 2 is 1.74 bits per heavy atom. The predicted molar refractivity (Wildman–Crippen MR) is 128 cm³/mol. The normalized spacial score (nSPS) is 14.6. The summed E-state index contributed by atoms with van der Waals surface area (Å²) in [5, 5.41) is 7.58. The van der Waals surface area contributed by atoms with Gasteiger partial charge in [-0.05, 0) is 58.9 Å². The fraction of sp³-hybridized carbons (Fsp3) is 0.500. The molecule has 1 fully saturated rings. The molecule has 2 aromatic rings. The second-order valence-electron chi connectivity index (χ2n) is 9.34. The highest BCUT2D eigenvalue weighted by Gasteiger charge is 2.28. The van der Waals surface area contributed by atoms with Gasteiger partial charge in [-0.1, -0.05) is 11.6 Å². The number of aryl methyl sites for hydroxylation is 1. The number of anilines is 1. The summed E-state index contributed by atoms with van der Waals surface area (Å²) in [4.78, 5) is 38.7. The molecule has 1 aromatic heterocycles. The van der Waals surface area contributed by atoms with Crippen molar-refractivity contribution in [3.05, 3.63) is 46.2 Å². The van der Waals surface area contributed by atoms with Crippen LogP contribution in [0.1, 0.15) is 55.4 Å². The molecule has 0 bridgehead atoms. The van der Waals surface area contributed by atoms with Crippen LogP contribution in [0.25, 0.3) is 0 Å². The fourth-order valence-corrected chi connectivity index (χ4v) is 3.69. The summed E-state index contributed by atoms with van der Waals surface area (Å²) in [6.07, 6.45) is 0.485. The quantitative estimate of drug-likeness (QED) is 0.625. The zero-order valence-electron chi connectivity index (χ0n) is 20.2. The van der Waals surface area contributed by atoms with E-state index in [-0.39, 0.29) is 24.6 Å². The summed E-state index contributed by atoms with van der Waals surface area (Å²) in [6.45, 7) is 10.0. The SMILES string of the molecule is Cc1nn(CC(=O)Nc2ccc(C(=O)OC3CCN(C(=O)OC(C)(C)C)CC3)cc2)c(C)c1Cl. The van der Waals surface area contributed by atoms with Gasteiger partial charge in [0.05, 0.1) is 22.0 Å². The monoisotopic (exact) mass is 490 g/mol. The number of amides is 2. The van der Waals surface area contributed by atoms with E-state index in [1.807, 2.05) is 20.8 Å². The number of halogens is 1. The second kappa shape index (κ2) is 10.5. The summed E-state index contributed by atoms with van der Waals surface area (Å²) in [7, 11) is 0. The zero-order valence-corrected chi connectivity index (χ0v) is 20.9. The molecule has 1 aliphatic heterocycles. The van der Waals surface area contributed by atoms with E-state index < -0.39 is 11.6 Å². The van der Waals surface area contributed by atoms with Gasteiger partial charge in [0.25, 0.3) is 0 Å². The lowest BCUT2D eigenvalue weighted by molar-refractivity contribution is -0.116. The van der Waals surface area contributed by atoms with Crippen molar-refractivity contribution in [3.63, 3.8) is 0 Å². The van der Waals surface area contributed by atoms with Crippen LogP contribution in [0.5, 0.6) is 0 Å². The van der Waals surface area contributed by atoms with Gasteiger partial charge in [0, 0.05) is 31.6 Å². The fourth-order valence-electron chi connectivity index (χ4n) is 3.56. The second-order valence-corrected chi connectivity index (χ2v) is 9.72. The molecule has 1 aliphatic rings. The van der Waals surface area contributed by atoms with Crippen molar-refractivity contribution in [2.24, 2.45) is 0 Å². The number of likely N-dealkylation sites (tertiary alicyclic amines) is 1. The third-order valence-electron chi connectivity index (χ3n) is 5.36. The number of benzene rings is 1. The van der Waals surface area contributed by atoms with Crippen LogP contribution in [0.2, 0.25) is 5.02 Å². The summed E-state index contributed by atoms with van der Waals surface area (Å²) in [5.74, 6) is -0.694. The van der Waals surface area contributed by atoms with Crippen molar-refractivity contribution >= 4 is 35.3 Å². The number of aromatic nitrogens is 2. The minimum Gasteiger partial charge on any atom is -0.459 e. The first kappa shape index (κ1) is 25.6. The molecular formula is C24H31ClN4O5. The highest BCUT2D eigenvalue weighted by atomic mass is 35.5. The Labute approximate surface area is 204 Å². The predicted octanol–water partition coefficient (Wildman–Crippen LogP) is 4.35. The van der Waals surface area contributed by atoms with Crippen molar-refractivity contribution in [3.8, 4) is 0 Å². The molecule has 10 heteroatoms. The Kier molecular flexibility index (Phi) is 7.86. The number of rotatable bonds is 5. The van der Waals surface area contributed by atoms with Gasteiger partial charge in [0.2, 0.25) is 5.91 Å². The van der Waals surface area contributed by atoms with Crippen molar-refractivity contribution in [2.75, 3.05) is 18.4 Å². The molecule has 0 unspecified atom stereocenters. The van der Waals surface area contributed by atoms with Crippen LogP contribution in [0, 0.1) is 13.8 Å². The third-order valence-corrected chi connectivity index (χ3v) is 5.91. The molecule has 3 rings (SSSR count). The number of esters is 1. The minimum atomic E-state index is -0.545. The van der Waals surface area contributed by atoms with E-state index in [9.17, 15) is 14.4 Å². The highest BCUT2D eigenvalue weighted by molar-refractivity contribution is 6.31. The smallest absolute Gasteiger partial charge is 0.410 e. The summed E-state index contributed by atoms with van der Waals surface area (Å²) >= 11 is 6.12. The number of hydrogen-bond donors (Lipinski definition) is 1. The number of carbonyl (C=O) groups is 3. The van der Waals surface area contributed by atoms with Crippen LogP contribution in [0.3, 0.4) is 0 Å². The van der Waals surface area contributed by atoms with Gasteiger partial charge < -0.3 is 19.7 Å². The van der Waals surface area contributed by atoms with Crippen molar-refractivity contribution in [2.45, 2.75) is 65.7 Å². The highest BCUT2D eigenvalue weighted by Crippen LogP contribution is 2.20. The van der Waals surface area contributed by atoms with Gasteiger partial charge in [0.1, 0.15) is 18.2 Å². The molecule has 2 amide bonds. The number of hydrogen-bond acceptors (Lipinski definition) is 6. The average molecular weight is 491 g/mol. The van der Waals surface area contributed by atoms with E-state index in [0.717, 1.165) is 5.69 Å². The Hall–Kier alpha value is -3.07. The van der Waals surface area contributed by atoms with E-state index in [4.69, 9.17) is 21.1 Å². The first-order valence-corrected chi connectivity index (χ1v) is 11.6. The summed E-state index contributed by atoms with van der Waals surface area (Å²) in [6, 6.07) is 6.50. The van der Waals surface area contributed by atoms with E-state index in [1.54, 1.807) is 47.7 Å². The number of nitrogens with zero attached hydrogens (tertiary/aromatic N) is 3. The lowest BCUT2D eigenvalue weighted by atomic mass is 10.1. The van der Waals surface area contributed by atoms with Crippen molar-refractivity contribution in [1.82, 2.24) is 14.7 Å². The molecule has 1 N–H and O–H groups in total. The van der Waals surface area contributed by atoms with E-state index >= 15 is 0 Å². The number of carbonyl (C=O) groups excluding carboxylic acids is 3. The van der Waals surface area contributed by atoms with Crippen LogP contribution < -0.4 is 5.32 Å². The van der Waals surface area contributed by atoms with Crippen molar-refractivity contribution < 1.29 is 23.9 Å². The summed E-state index contributed by atoms with van der Waals surface area (Å²) < 4.78 is 12.5. The molecule has 9 nitrogen and oxygen atoms in total. The molecule has 0 atom stereocenters. The van der Waals surface area contributed by atoms with Gasteiger partial charge in [-0.2, -0.15) is 5.10 Å². The Morgan fingerprint density at radius 3 is 2.26 bits per heavy atom. The molecule has 0 radical (unpaired) electrons. The minimum absolute atomic E-state index is 0.0329. The number of piperidine rings is 1. The molecular weight excluding hydrogens is 460 g/mol. The Balaban J connectivity index is 1.47. The largest absolute Gasteiger partial charge is 0.459 e. The third kappa shape index (κ3) is 6.72. The van der Waals surface area contributed by atoms with E-state index in [2.05, 4.69) is 10.4 Å². The van der Waals surface area contributed by atoms with Crippen LogP contribution in [0.15, 0.2) is 24.3 Å². The number of nitrogens with one attached hydrogen (secondary N) is 1. The lowest BCUT2D eigenvalue weighted by Crippen LogP contribution is -2.43. The van der Waals surface area contributed by atoms with Gasteiger partial charge >= 0.3 is 12.1 Å². The molecule has 34 heavy (non-hydrogen) atoms. The first-order valence-electron chi connectivity index (χ1n) is 11.2. The molecule has 0 saturated carbocycles. The topological polar surface area (TPSA) is 103 Å². The Bertz CT molecular complexity index is 1050. The zero-order chi connectivity index (χ0) is 25.0. The van der Waals surface area contributed by atoms with Crippen LogP contribution in [-0.2, 0) is 20.8 Å². The van der Waals surface area contributed by atoms with Gasteiger partial charge in [-0.3, -0.25) is 9.48 Å². The van der Waals surface area contributed by atoms with Crippen molar-refractivity contribution in [1.29, 1.82) is 0 Å². The average Bonchev–Trinajstić information content (AvgIpc) is 3.00. The molecule has 0 spiro atoms. The first-order chi connectivity index (χ1) is 15.9. The lowest BCUT2D eigenvalue weighted by Gasteiger charge is -2.33. The number of ether oxygens (including phenoxy) is 2. The van der Waals surface area contributed by atoms with Crippen LogP contribution in [0.4, 0.5) is 10.5 Å². The summed E-state index contributed by atoms with van der Waals surface area (Å²) in [5.41, 5.74) is 1.80. The standard InChI is InChI=1S/C24H31ClN4O5/c1-15-21(25)16(2)29(27-15)14-20(30)26-18-8-6-17(7-9-18)22(31)33-19-10-12-28(13-11-19)23(32)34-24(3,4)5/h6-9,19H,10-14H2,1-5H3,(H,26,30). The molecule has 1 aromatic carbocycles. The Morgan fingerprint density at radius 1 is 1.12 bits per heavy atom. The van der Waals surface area contributed by atoms with Crippen LogP contribution >= 0.6 is 11.6 Å². The maximum atomic E-state index is 12.5. The van der Waals surface area contributed by atoms with E-state index in [0.29, 0.717) is 47.9 Å². The van der Waals surface area contributed by atoms with Gasteiger partial charge in [-0.25, -0.2) is 9.59 Å². The molecule has 0 aliphatic carbocycles. The van der Waals surface area contributed by atoms with Crippen LogP contribution in [-0.4, -0.2) is 57.4 Å². The molecule has 184 valence electrons. The van der Waals surface area contributed by atoms with E-state index in [1.165, 1.54) is 0 Å². The maximum Gasteiger partial charge on any atom is 0.410 e.